The molecule has 0 saturated carbocycles. The largest absolute Gasteiger partial charge is 0.384 e. The summed E-state index contributed by atoms with van der Waals surface area (Å²) in [7, 11) is 1.74. The molecule has 110 valence electrons. The molecule has 4 heteroatoms. The van der Waals surface area contributed by atoms with Crippen LogP contribution < -0.4 is 0 Å². The Kier molecular flexibility index (Phi) is 5.61. The van der Waals surface area contributed by atoms with Gasteiger partial charge in [0.25, 0.3) is 0 Å². The Morgan fingerprint density at radius 3 is 2.70 bits per heavy atom. The summed E-state index contributed by atoms with van der Waals surface area (Å²) in [6.07, 6.45) is 2.60. The van der Waals surface area contributed by atoms with Crippen molar-refractivity contribution < 1.29 is 9.53 Å². The van der Waals surface area contributed by atoms with Gasteiger partial charge in [0.2, 0.25) is 5.91 Å². The van der Waals surface area contributed by atoms with Crippen LogP contribution in [-0.2, 0) is 16.0 Å². The maximum atomic E-state index is 12.3. The van der Waals surface area contributed by atoms with Gasteiger partial charge in [-0.3, -0.25) is 4.79 Å². The number of hydrogen-bond donors (Lipinski definition) is 0. The molecule has 0 aromatic heterocycles. The summed E-state index contributed by atoms with van der Waals surface area (Å²) in [5, 5.41) is 0. The van der Waals surface area contributed by atoms with Crippen LogP contribution in [0.3, 0.4) is 0 Å². The lowest BCUT2D eigenvalue weighted by Crippen LogP contribution is -2.40. The van der Waals surface area contributed by atoms with Gasteiger partial charge in [-0.1, -0.05) is 28.1 Å². The van der Waals surface area contributed by atoms with Crippen molar-refractivity contribution in [1.29, 1.82) is 0 Å². The number of halogens is 1. The lowest BCUT2D eigenvalue weighted by Gasteiger charge is -2.31. The van der Waals surface area contributed by atoms with Gasteiger partial charge < -0.3 is 9.64 Å². The summed E-state index contributed by atoms with van der Waals surface area (Å²) in [4.78, 5) is 14.3. The number of carbonyl (C=O) groups is 1. The zero-order valence-electron chi connectivity index (χ0n) is 12.2. The standard InChI is InChI=1S/C16H22BrNO2/c1-12-3-4-14(9-15(12)17)10-16(19)18-7-5-13(6-8-18)11-20-2/h3-4,9,13H,5-8,10-11H2,1-2H3. The maximum Gasteiger partial charge on any atom is 0.226 e. The highest BCUT2D eigenvalue weighted by Gasteiger charge is 2.22. The highest BCUT2D eigenvalue weighted by molar-refractivity contribution is 9.10. The Balaban J connectivity index is 1.88. The van der Waals surface area contributed by atoms with Crippen molar-refractivity contribution in [1.82, 2.24) is 4.90 Å². The predicted molar refractivity (Wildman–Crippen MR) is 83.8 cm³/mol. The van der Waals surface area contributed by atoms with Crippen LogP contribution in [0.4, 0.5) is 0 Å². The fourth-order valence-electron chi connectivity index (χ4n) is 2.62. The number of carbonyl (C=O) groups excluding carboxylic acids is 1. The number of hydrogen-bond acceptors (Lipinski definition) is 2. The van der Waals surface area contributed by atoms with Crippen molar-refractivity contribution in [2.75, 3.05) is 26.8 Å². The molecular formula is C16H22BrNO2. The monoisotopic (exact) mass is 339 g/mol. The molecule has 1 aliphatic rings. The van der Waals surface area contributed by atoms with E-state index in [1.165, 1.54) is 5.56 Å². The molecule has 3 nitrogen and oxygen atoms in total. The summed E-state index contributed by atoms with van der Waals surface area (Å²) in [5.41, 5.74) is 2.27. The smallest absolute Gasteiger partial charge is 0.226 e. The molecule has 1 aliphatic heterocycles. The van der Waals surface area contributed by atoms with Crippen LogP contribution >= 0.6 is 15.9 Å². The van der Waals surface area contributed by atoms with Crippen molar-refractivity contribution in [2.24, 2.45) is 5.92 Å². The van der Waals surface area contributed by atoms with E-state index >= 15 is 0 Å². The highest BCUT2D eigenvalue weighted by atomic mass is 79.9. The van der Waals surface area contributed by atoms with E-state index in [1.807, 2.05) is 17.0 Å². The van der Waals surface area contributed by atoms with Crippen LogP contribution in [0.25, 0.3) is 0 Å². The van der Waals surface area contributed by atoms with Gasteiger partial charge in [0.1, 0.15) is 0 Å². The molecule has 0 aliphatic carbocycles. The van der Waals surface area contributed by atoms with Crippen molar-refractivity contribution in [3.8, 4) is 0 Å². The number of aryl methyl sites for hydroxylation is 1. The third-order valence-corrected chi connectivity index (χ3v) is 4.82. The number of methoxy groups -OCH3 is 1. The molecule has 0 spiro atoms. The van der Waals surface area contributed by atoms with Gasteiger partial charge in [-0.05, 0) is 42.9 Å². The summed E-state index contributed by atoms with van der Waals surface area (Å²) < 4.78 is 6.26. The van der Waals surface area contributed by atoms with Crippen LogP contribution in [-0.4, -0.2) is 37.6 Å². The Morgan fingerprint density at radius 2 is 2.10 bits per heavy atom. The predicted octanol–water partition coefficient (Wildman–Crippen LogP) is 3.19. The van der Waals surface area contributed by atoms with Gasteiger partial charge in [0.15, 0.2) is 0 Å². The molecule has 0 atom stereocenters. The van der Waals surface area contributed by atoms with Crippen molar-refractivity contribution in [2.45, 2.75) is 26.2 Å². The molecule has 0 bridgehead atoms. The average Bonchev–Trinajstić information content (AvgIpc) is 2.44. The van der Waals surface area contributed by atoms with E-state index in [9.17, 15) is 4.79 Å². The Bertz CT molecular complexity index is 468. The molecule has 1 aromatic rings. The molecule has 1 fully saturated rings. The number of rotatable bonds is 4. The molecule has 1 saturated heterocycles. The van der Waals surface area contributed by atoms with Gasteiger partial charge in [-0.2, -0.15) is 0 Å². The van der Waals surface area contributed by atoms with Gasteiger partial charge in [0.05, 0.1) is 6.42 Å². The zero-order valence-corrected chi connectivity index (χ0v) is 13.8. The number of benzene rings is 1. The lowest BCUT2D eigenvalue weighted by molar-refractivity contribution is -0.132. The maximum absolute atomic E-state index is 12.3. The highest BCUT2D eigenvalue weighted by Crippen LogP contribution is 2.20. The molecule has 0 radical (unpaired) electrons. The first kappa shape index (κ1) is 15.5. The van der Waals surface area contributed by atoms with E-state index in [0.29, 0.717) is 12.3 Å². The van der Waals surface area contributed by atoms with Gasteiger partial charge in [-0.25, -0.2) is 0 Å². The minimum Gasteiger partial charge on any atom is -0.384 e. The normalized spacial score (nSPS) is 16.4. The van der Waals surface area contributed by atoms with Crippen molar-refractivity contribution >= 4 is 21.8 Å². The SMILES string of the molecule is COCC1CCN(C(=O)Cc2ccc(C)c(Br)c2)CC1. The summed E-state index contributed by atoms with van der Waals surface area (Å²) in [5.74, 6) is 0.842. The van der Waals surface area contributed by atoms with Crippen molar-refractivity contribution in [3.05, 3.63) is 33.8 Å². The summed E-state index contributed by atoms with van der Waals surface area (Å²) >= 11 is 3.52. The first-order valence-electron chi connectivity index (χ1n) is 7.12. The van der Waals surface area contributed by atoms with Gasteiger partial charge in [-0.15, -0.1) is 0 Å². The third kappa shape index (κ3) is 4.06. The Hall–Kier alpha value is -0.870. The van der Waals surface area contributed by atoms with E-state index in [0.717, 1.165) is 42.6 Å². The van der Waals surface area contributed by atoms with Crippen LogP contribution in [0.5, 0.6) is 0 Å². The molecule has 20 heavy (non-hydrogen) atoms. The molecule has 1 aromatic carbocycles. The first-order chi connectivity index (χ1) is 9.60. The summed E-state index contributed by atoms with van der Waals surface area (Å²) in [6, 6.07) is 6.14. The summed E-state index contributed by atoms with van der Waals surface area (Å²) in [6.45, 7) is 4.59. The minimum atomic E-state index is 0.233. The van der Waals surface area contributed by atoms with E-state index in [-0.39, 0.29) is 5.91 Å². The fourth-order valence-corrected chi connectivity index (χ4v) is 3.04. The number of amides is 1. The Labute approximate surface area is 129 Å². The first-order valence-corrected chi connectivity index (χ1v) is 7.91. The number of nitrogens with zero attached hydrogens (tertiary/aromatic N) is 1. The van der Waals surface area contributed by atoms with Crippen LogP contribution in [0, 0.1) is 12.8 Å². The third-order valence-electron chi connectivity index (χ3n) is 3.96. The average molecular weight is 340 g/mol. The van der Waals surface area contributed by atoms with Gasteiger partial charge >= 0.3 is 0 Å². The molecule has 2 rings (SSSR count). The molecule has 0 unspecified atom stereocenters. The minimum absolute atomic E-state index is 0.233. The molecular weight excluding hydrogens is 318 g/mol. The molecule has 1 heterocycles. The molecule has 0 N–H and O–H groups in total. The second-order valence-electron chi connectivity index (χ2n) is 5.54. The second-order valence-corrected chi connectivity index (χ2v) is 6.39. The second kappa shape index (κ2) is 7.23. The van der Waals surface area contributed by atoms with Crippen LogP contribution in [0.15, 0.2) is 22.7 Å². The Morgan fingerprint density at radius 1 is 1.40 bits per heavy atom. The van der Waals surface area contributed by atoms with E-state index in [2.05, 4.69) is 28.9 Å². The number of likely N-dealkylation sites (tertiary alicyclic amines) is 1. The zero-order chi connectivity index (χ0) is 14.5. The quantitative estimate of drug-likeness (QED) is 0.843. The van der Waals surface area contributed by atoms with Gasteiger partial charge in [0, 0.05) is 31.3 Å². The topological polar surface area (TPSA) is 29.5 Å². The van der Waals surface area contributed by atoms with E-state index in [4.69, 9.17) is 4.74 Å². The fraction of sp³-hybridized carbons (Fsp3) is 0.562. The van der Waals surface area contributed by atoms with E-state index < -0.39 is 0 Å². The number of piperidine rings is 1. The number of ether oxygens (including phenoxy) is 1. The van der Waals surface area contributed by atoms with Crippen molar-refractivity contribution in [3.63, 3.8) is 0 Å². The van der Waals surface area contributed by atoms with E-state index in [1.54, 1.807) is 7.11 Å². The lowest BCUT2D eigenvalue weighted by atomic mass is 9.97. The van der Waals surface area contributed by atoms with Crippen LogP contribution in [0.2, 0.25) is 0 Å². The van der Waals surface area contributed by atoms with Crippen LogP contribution in [0.1, 0.15) is 24.0 Å². The molecule has 1 amide bonds.